The van der Waals surface area contributed by atoms with E-state index in [0.29, 0.717) is 6.04 Å². The minimum atomic E-state index is 0. The van der Waals surface area contributed by atoms with E-state index in [4.69, 9.17) is 4.99 Å². The largest absolute Gasteiger partial charge is 0.369 e. The molecule has 1 saturated heterocycles. The summed E-state index contributed by atoms with van der Waals surface area (Å²) in [6.45, 7) is 8.22. The topological polar surface area (TPSA) is 39.7 Å². The molecule has 0 spiro atoms. The predicted molar refractivity (Wildman–Crippen MR) is 124 cm³/mol. The number of unbranched alkanes of at least 4 members (excludes halogenated alkanes) is 1. The van der Waals surface area contributed by atoms with Gasteiger partial charge in [0.05, 0.1) is 0 Å². The highest BCUT2D eigenvalue weighted by molar-refractivity contribution is 14.0. The van der Waals surface area contributed by atoms with Gasteiger partial charge in [-0.1, -0.05) is 17.7 Å². The monoisotopic (exact) mass is 476 g/mol. The maximum Gasteiger partial charge on any atom is 0.191 e. The van der Waals surface area contributed by atoms with Gasteiger partial charge in [-0.25, -0.2) is 0 Å². The number of hydrogen-bond donors (Lipinski definition) is 2. The second-order valence-corrected chi connectivity index (χ2v) is 7.36. The summed E-state index contributed by atoms with van der Waals surface area (Å²) in [5, 5.41) is 6.99. The van der Waals surface area contributed by atoms with Crippen LogP contribution in [0.5, 0.6) is 0 Å². The molecular weight excluding hydrogens is 443 g/mol. The number of benzene rings is 1. The van der Waals surface area contributed by atoms with Crippen LogP contribution in [0.2, 0.25) is 0 Å². The first-order valence-electron chi connectivity index (χ1n) is 9.08. The van der Waals surface area contributed by atoms with Crippen LogP contribution in [0.3, 0.4) is 0 Å². The number of guanidine groups is 1. The smallest absolute Gasteiger partial charge is 0.191 e. The third kappa shape index (κ3) is 8.07. The van der Waals surface area contributed by atoms with Crippen LogP contribution in [0.25, 0.3) is 0 Å². The van der Waals surface area contributed by atoms with Crippen molar-refractivity contribution in [2.75, 3.05) is 43.1 Å². The molecule has 0 radical (unpaired) electrons. The van der Waals surface area contributed by atoms with E-state index in [9.17, 15) is 0 Å². The molecule has 2 rings (SSSR count). The second kappa shape index (κ2) is 12.7. The number of rotatable bonds is 8. The van der Waals surface area contributed by atoms with Crippen LogP contribution in [0.15, 0.2) is 29.3 Å². The first-order valence-corrected chi connectivity index (χ1v) is 10.5. The van der Waals surface area contributed by atoms with Crippen molar-refractivity contribution in [3.8, 4) is 0 Å². The summed E-state index contributed by atoms with van der Waals surface area (Å²) in [5.74, 6) is 2.20. The van der Waals surface area contributed by atoms with E-state index in [2.05, 4.69) is 59.9 Å². The van der Waals surface area contributed by atoms with Gasteiger partial charge in [0.25, 0.3) is 0 Å². The number of hydrogen-bond acceptors (Lipinski definition) is 3. The van der Waals surface area contributed by atoms with Gasteiger partial charge in [0.2, 0.25) is 0 Å². The molecule has 2 N–H and O–H groups in total. The number of halogens is 1. The molecular formula is C19H33IN4S. The number of nitrogens with zero attached hydrogens (tertiary/aromatic N) is 2. The molecule has 0 bridgehead atoms. The van der Waals surface area contributed by atoms with Gasteiger partial charge in [0.15, 0.2) is 5.96 Å². The summed E-state index contributed by atoms with van der Waals surface area (Å²) in [7, 11) is 0. The van der Waals surface area contributed by atoms with E-state index in [1.54, 1.807) is 0 Å². The summed E-state index contributed by atoms with van der Waals surface area (Å²) in [6.07, 6.45) is 5.73. The van der Waals surface area contributed by atoms with Crippen molar-refractivity contribution in [2.24, 2.45) is 4.99 Å². The fourth-order valence-corrected chi connectivity index (χ4v) is 3.42. The highest BCUT2D eigenvalue weighted by Gasteiger charge is 2.23. The average molecular weight is 476 g/mol. The number of thioether (sulfide) groups is 1. The Morgan fingerprint density at radius 3 is 2.72 bits per heavy atom. The van der Waals surface area contributed by atoms with E-state index in [0.717, 1.165) is 45.0 Å². The van der Waals surface area contributed by atoms with Gasteiger partial charge in [-0.2, -0.15) is 11.8 Å². The van der Waals surface area contributed by atoms with Crippen LogP contribution in [0.1, 0.15) is 31.7 Å². The van der Waals surface area contributed by atoms with E-state index < -0.39 is 0 Å². The Bertz CT molecular complexity index is 507. The second-order valence-electron chi connectivity index (χ2n) is 6.37. The lowest BCUT2D eigenvalue weighted by atomic mass is 10.2. The Morgan fingerprint density at radius 2 is 2.04 bits per heavy atom. The van der Waals surface area contributed by atoms with Gasteiger partial charge in [-0.15, -0.1) is 24.0 Å². The first kappa shape index (κ1) is 22.4. The minimum absolute atomic E-state index is 0. The van der Waals surface area contributed by atoms with Crippen molar-refractivity contribution >= 4 is 47.4 Å². The van der Waals surface area contributed by atoms with Crippen molar-refractivity contribution in [3.05, 3.63) is 29.8 Å². The zero-order chi connectivity index (χ0) is 17.2. The Kier molecular flexibility index (Phi) is 11.4. The average Bonchev–Trinajstić information content (AvgIpc) is 3.04. The molecule has 1 atom stereocenters. The first-order chi connectivity index (χ1) is 11.7. The van der Waals surface area contributed by atoms with Crippen LogP contribution >= 0.6 is 35.7 Å². The SMILES string of the molecule is CCNC(=NCCCCSC)NC1CCN(c2ccc(C)cc2)C1.I. The molecule has 1 aromatic rings. The lowest BCUT2D eigenvalue weighted by Gasteiger charge is -2.20. The van der Waals surface area contributed by atoms with E-state index in [1.165, 1.54) is 23.4 Å². The fraction of sp³-hybridized carbons (Fsp3) is 0.632. The van der Waals surface area contributed by atoms with E-state index >= 15 is 0 Å². The maximum atomic E-state index is 4.72. The van der Waals surface area contributed by atoms with Crippen LogP contribution in [0, 0.1) is 6.92 Å². The molecule has 0 amide bonds. The van der Waals surface area contributed by atoms with E-state index in [-0.39, 0.29) is 24.0 Å². The van der Waals surface area contributed by atoms with Crippen LogP contribution in [0.4, 0.5) is 5.69 Å². The van der Waals surface area contributed by atoms with Crippen LogP contribution in [-0.4, -0.2) is 50.2 Å². The maximum absolute atomic E-state index is 4.72. The lowest BCUT2D eigenvalue weighted by molar-refractivity contribution is 0.647. The number of nitrogens with one attached hydrogen (secondary N) is 2. The quantitative estimate of drug-likeness (QED) is 0.259. The van der Waals surface area contributed by atoms with Crippen molar-refractivity contribution in [2.45, 2.75) is 39.2 Å². The molecule has 1 heterocycles. The van der Waals surface area contributed by atoms with Gasteiger partial charge in [-0.3, -0.25) is 4.99 Å². The molecule has 4 nitrogen and oxygen atoms in total. The molecule has 1 aliphatic heterocycles. The van der Waals surface area contributed by atoms with Gasteiger partial charge >= 0.3 is 0 Å². The Labute approximate surface area is 174 Å². The zero-order valence-electron chi connectivity index (χ0n) is 15.8. The Morgan fingerprint density at radius 1 is 1.28 bits per heavy atom. The summed E-state index contributed by atoms with van der Waals surface area (Å²) in [5.41, 5.74) is 2.64. The van der Waals surface area contributed by atoms with Gasteiger partial charge in [0.1, 0.15) is 0 Å². The lowest BCUT2D eigenvalue weighted by Crippen LogP contribution is -2.44. The molecule has 1 unspecified atom stereocenters. The zero-order valence-corrected chi connectivity index (χ0v) is 18.9. The third-order valence-electron chi connectivity index (χ3n) is 4.30. The van der Waals surface area contributed by atoms with Crippen molar-refractivity contribution < 1.29 is 0 Å². The normalized spacial score (nSPS) is 17.3. The molecule has 1 aromatic carbocycles. The van der Waals surface area contributed by atoms with Crippen molar-refractivity contribution in [1.29, 1.82) is 0 Å². The van der Waals surface area contributed by atoms with Crippen molar-refractivity contribution in [3.63, 3.8) is 0 Å². The molecule has 0 saturated carbocycles. The molecule has 1 fully saturated rings. The molecule has 142 valence electrons. The van der Waals surface area contributed by atoms with Crippen LogP contribution in [-0.2, 0) is 0 Å². The van der Waals surface area contributed by atoms with Gasteiger partial charge in [0, 0.05) is 37.9 Å². The van der Waals surface area contributed by atoms with Crippen molar-refractivity contribution in [1.82, 2.24) is 10.6 Å². The summed E-state index contributed by atoms with van der Waals surface area (Å²) in [4.78, 5) is 7.18. The van der Waals surface area contributed by atoms with Gasteiger partial charge in [-0.05, 0) is 57.3 Å². The minimum Gasteiger partial charge on any atom is -0.369 e. The highest BCUT2D eigenvalue weighted by Crippen LogP contribution is 2.20. The Balaban J connectivity index is 0.00000312. The molecule has 0 aromatic heterocycles. The molecule has 6 heteroatoms. The summed E-state index contributed by atoms with van der Waals surface area (Å²) in [6, 6.07) is 9.30. The molecule has 25 heavy (non-hydrogen) atoms. The molecule has 0 aliphatic carbocycles. The number of aliphatic imine (C=N–C) groups is 1. The molecule has 1 aliphatic rings. The standard InChI is InChI=1S/C19H32N4S.HI/c1-4-20-19(21-12-5-6-14-24-3)22-17-11-13-23(15-17)18-9-7-16(2)8-10-18;/h7-10,17H,4-6,11-15H2,1-3H3,(H2,20,21,22);1H. The summed E-state index contributed by atoms with van der Waals surface area (Å²) < 4.78 is 0. The fourth-order valence-electron chi connectivity index (χ4n) is 2.93. The van der Waals surface area contributed by atoms with Gasteiger partial charge < -0.3 is 15.5 Å². The van der Waals surface area contributed by atoms with E-state index in [1.807, 2.05) is 11.8 Å². The predicted octanol–water partition coefficient (Wildman–Crippen LogP) is 3.89. The van der Waals surface area contributed by atoms with Crippen LogP contribution < -0.4 is 15.5 Å². The number of aryl methyl sites for hydroxylation is 1. The highest BCUT2D eigenvalue weighted by atomic mass is 127. The number of anilines is 1. The summed E-state index contributed by atoms with van der Waals surface area (Å²) >= 11 is 1.91. The third-order valence-corrected chi connectivity index (χ3v) is 5.00. The Hall–Kier alpha value is -0.630.